The molecule has 1 unspecified atom stereocenters. The summed E-state index contributed by atoms with van der Waals surface area (Å²) in [6.07, 6.45) is 0. The van der Waals surface area contributed by atoms with Gasteiger partial charge in [0, 0.05) is 0 Å². The minimum atomic E-state index is -2.81. The van der Waals surface area contributed by atoms with Crippen molar-refractivity contribution in [1.29, 1.82) is 0 Å². The average molecular weight is 268 g/mol. The van der Waals surface area contributed by atoms with Crippen molar-refractivity contribution in [1.82, 2.24) is 0 Å². The fourth-order valence-electron chi connectivity index (χ4n) is 0.765. The number of thiol groups is 1. The SMILES string of the molecule is FCCOOP(=S)(S)Oc1ccccc1. The van der Waals surface area contributed by atoms with Crippen LogP contribution in [0.25, 0.3) is 0 Å². The molecule has 0 aliphatic carbocycles. The van der Waals surface area contributed by atoms with E-state index in [1.165, 1.54) is 0 Å². The molecule has 0 radical (unpaired) electrons. The van der Waals surface area contributed by atoms with Crippen molar-refractivity contribution in [3.63, 3.8) is 0 Å². The molecule has 1 aromatic carbocycles. The lowest BCUT2D eigenvalue weighted by Crippen LogP contribution is -1.98. The molecule has 1 rings (SSSR count). The number of hydrogen-bond donors (Lipinski definition) is 1. The lowest BCUT2D eigenvalue weighted by molar-refractivity contribution is -0.204. The molecule has 1 aromatic rings. The predicted molar refractivity (Wildman–Crippen MR) is 63.4 cm³/mol. The maximum absolute atomic E-state index is 11.7. The Morgan fingerprint density at radius 1 is 1.33 bits per heavy atom. The number of hydrogen-bond acceptors (Lipinski definition) is 4. The molecule has 7 heteroatoms. The van der Waals surface area contributed by atoms with Crippen LogP contribution < -0.4 is 4.52 Å². The Kier molecular flexibility index (Phi) is 5.56. The molecule has 0 amide bonds. The van der Waals surface area contributed by atoms with Gasteiger partial charge in [-0.15, -0.1) is 0 Å². The summed E-state index contributed by atoms with van der Waals surface area (Å²) in [6, 6.07) is 8.86. The van der Waals surface area contributed by atoms with Crippen LogP contribution in [0.15, 0.2) is 30.3 Å². The summed E-state index contributed by atoms with van der Waals surface area (Å²) in [6.45, 7) is -0.828. The van der Waals surface area contributed by atoms with E-state index in [1.807, 2.05) is 6.07 Å². The maximum atomic E-state index is 11.7. The normalized spacial score (nSPS) is 14.5. The number of alkyl halides is 1. The fourth-order valence-corrected chi connectivity index (χ4v) is 2.20. The van der Waals surface area contributed by atoms with Crippen LogP contribution in [-0.2, 0) is 21.4 Å². The molecule has 0 bridgehead atoms. The second-order valence-corrected chi connectivity index (χ2v) is 7.56. The Morgan fingerprint density at radius 2 is 2.00 bits per heavy atom. The molecule has 15 heavy (non-hydrogen) atoms. The molecule has 0 N–H and O–H groups in total. The van der Waals surface area contributed by atoms with E-state index in [0.717, 1.165) is 0 Å². The van der Waals surface area contributed by atoms with Gasteiger partial charge in [0.1, 0.15) is 19.0 Å². The van der Waals surface area contributed by atoms with Gasteiger partial charge in [-0.2, -0.15) is 4.67 Å². The lowest BCUT2D eigenvalue weighted by Gasteiger charge is -2.15. The van der Waals surface area contributed by atoms with E-state index in [-0.39, 0.29) is 6.61 Å². The minimum Gasteiger partial charge on any atom is -0.435 e. The van der Waals surface area contributed by atoms with Gasteiger partial charge in [0.2, 0.25) is 0 Å². The first kappa shape index (κ1) is 12.9. The molecule has 3 nitrogen and oxygen atoms in total. The van der Waals surface area contributed by atoms with Crippen molar-refractivity contribution in [2.24, 2.45) is 0 Å². The van der Waals surface area contributed by atoms with Gasteiger partial charge in [0.25, 0.3) is 0 Å². The molecule has 0 saturated heterocycles. The van der Waals surface area contributed by atoms with Gasteiger partial charge in [-0.05, 0) is 23.9 Å². The van der Waals surface area contributed by atoms with Crippen LogP contribution in [0.2, 0.25) is 0 Å². The van der Waals surface area contributed by atoms with Crippen LogP contribution in [0.5, 0.6) is 5.75 Å². The molecule has 0 fully saturated rings. The highest BCUT2D eigenvalue weighted by molar-refractivity contribution is 8.60. The maximum Gasteiger partial charge on any atom is 0.323 e. The van der Waals surface area contributed by atoms with Gasteiger partial charge in [-0.1, -0.05) is 30.4 Å². The monoisotopic (exact) mass is 268 g/mol. The third kappa shape index (κ3) is 5.49. The van der Waals surface area contributed by atoms with Crippen LogP contribution in [0.1, 0.15) is 0 Å². The highest BCUT2D eigenvalue weighted by Crippen LogP contribution is 2.53. The Labute approximate surface area is 97.8 Å². The Balaban J connectivity index is 2.46. The van der Waals surface area contributed by atoms with E-state index in [1.54, 1.807) is 24.3 Å². The number of rotatable bonds is 6. The summed E-state index contributed by atoms with van der Waals surface area (Å²) in [5.74, 6) is 0.541. The molecular formula is C8H10FO3PS2. The molecule has 0 saturated carbocycles. The van der Waals surface area contributed by atoms with Crippen LogP contribution >= 0.6 is 17.9 Å². The first-order valence-electron chi connectivity index (χ1n) is 4.09. The summed E-state index contributed by atoms with van der Waals surface area (Å²) in [4.78, 5) is 4.49. The van der Waals surface area contributed by atoms with Gasteiger partial charge in [0.15, 0.2) is 0 Å². The highest BCUT2D eigenvalue weighted by Gasteiger charge is 2.16. The van der Waals surface area contributed by atoms with Crippen molar-refractivity contribution in [3.8, 4) is 5.75 Å². The Morgan fingerprint density at radius 3 is 2.60 bits per heavy atom. The van der Waals surface area contributed by atoms with Gasteiger partial charge in [-0.3, -0.25) is 0 Å². The number of para-hydroxylation sites is 1. The summed E-state index contributed by atoms with van der Waals surface area (Å²) in [7, 11) is 0. The van der Waals surface area contributed by atoms with Crippen LogP contribution in [0.4, 0.5) is 4.39 Å². The number of halogens is 1. The van der Waals surface area contributed by atoms with E-state index in [9.17, 15) is 4.39 Å². The molecule has 0 heterocycles. The zero-order chi connectivity index (χ0) is 11.1. The molecule has 84 valence electrons. The van der Waals surface area contributed by atoms with E-state index >= 15 is 0 Å². The third-order valence-electron chi connectivity index (χ3n) is 1.27. The largest absolute Gasteiger partial charge is 0.435 e. The number of benzene rings is 1. The third-order valence-corrected chi connectivity index (χ3v) is 2.86. The van der Waals surface area contributed by atoms with Crippen molar-refractivity contribution in [3.05, 3.63) is 30.3 Å². The van der Waals surface area contributed by atoms with Crippen molar-refractivity contribution >= 4 is 29.7 Å². The zero-order valence-electron chi connectivity index (χ0n) is 7.71. The van der Waals surface area contributed by atoms with Gasteiger partial charge >= 0.3 is 5.69 Å². The molecule has 0 aliphatic heterocycles. The van der Waals surface area contributed by atoms with Crippen LogP contribution in [0, 0.1) is 0 Å². The van der Waals surface area contributed by atoms with E-state index in [4.69, 9.17) is 21.0 Å². The Bertz CT molecular complexity index is 336. The van der Waals surface area contributed by atoms with E-state index in [2.05, 4.69) is 17.1 Å². The quantitative estimate of drug-likeness (QED) is 0.282. The molecule has 0 spiro atoms. The molecule has 1 atom stereocenters. The van der Waals surface area contributed by atoms with Gasteiger partial charge < -0.3 is 4.52 Å². The summed E-state index contributed by atoms with van der Waals surface area (Å²) >= 11 is 8.93. The zero-order valence-corrected chi connectivity index (χ0v) is 10.3. The molecular weight excluding hydrogens is 258 g/mol. The van der Waals surface area contributed by atoms with Gasteiger partial charge in [-0.25, -0.2) is 9.28 Å². The first-order chi connectivity index (χ1) is 7.14. The first-order valence-corrected chi connectivity index (χ1v) is 7.88. The topological polar surface area (TPSA) is 27.7 Å². The summed E-state index contributed by atoms with van der Waals surface area (Å²) in [5, 5.41) is 0. The summed E-state index contributed by atoms with van der Waals surface area (Å²) < 4.78 is 21.7. The van der Waals surface area contributed by atoms with Crippen LogP contribution in [-0.4, -0.2) is 13.3 Å². The second-order valence-electron chi connectivity index (χ2n) is 2.46. The van der Waals surface area contributed by atoms with Crippen LogP contribution in [0.3, 0.4) is 0 Å². The van der Waals surface area contributed by atoms with Gasteiger partial charge in [0.05, 0.1) is 0 Å². The second kappa shape index (κ2) is 6.45. The van der Waals surface area contributed by atoms with Crippen molar-refractivity contribution < 1.29 is 18.5 Å². The molecule has 0 aromatic heterocycles. The van der Waals surface area contributed by atoms with Crippen molar-refractivity contribution in [2.75, 3.05) is 13.3 Å². The van der Waals surface area contributed by atoms with E-state index < -0.39 is 12.4 Å². The molecule has 0 aliphatic rings. The van der Waals surface area contributed by atoms with Crippen molar-refractivity contribution in [2.45, 2.75) is 0 Å². The standard InChI is InChI=1S/C8H10FO3PS2/c9-6-7-10-12-13(14,15)11-8-4-2-1-3-5-8/h1-5H,6-7H2,(H,14,15). The Hall–Kier alpha value is -0.130. The fraction of sp³-hybridized carbons (Fsp3) is 0.250. The lowest BCUT2D eigenvalue weighted by atomic mass is 10.3. The average Bonchev–Trinajstić information content (AvgIpc) is 2.18. The predicted octanol–water partition coefficient (Wildman–Crippen LogP) is 3.14. The highest BCUT2D eigenvalue weighted by atomic mass is 32.9. The smallest absolute Gasteiger partial charge is 0.323 e. The van der Waals surface area contributed by atoms with E-state index in [0.29, 0.717) is 5.75 Å². The summed E-state index contributed by atoms with van der Waals surface area (Å²) in [5.41, 5.74) is -2.81. The minimum absolute atomic E-state index is 0.183.